The summed E-state index contributed by atoms with van der Waals surface area (Å²) in [5, 5.41) is 8.60. The molecule has 2 rings (SSSR count). The van der Waals surface area contributed by atoms with Crippen molar-refractivity contribution < 1.29 is 9.90 Å². The fourth-order valence-corrected chi connectivity index (χ4v) is 2.66. The van der Waals surface area contributed by atoms with E-state index in [1.54, 1.807) is 6.08 Å². The van der Waals surface area contributed by atoms with Crippen LogP contribution in [0.4, 0.5) is 5.69 Å². The van der Waals surface area contributed by atoms with Gasteiger partial charge in [0.05, 0.1) is 5.69 Å². The average Bonchev–Trinajstić information content (AvgIpc) is 3.14. The van der Waals surface area contributed by atoms with Gasteiger partial charge in [0.15, 0.2) is 0 Å². The quantitative estimate of drug-likeness (QED) is 0.846. The Bertz CT molecular complexity index is 481. The molecule has 0 atom stereocenters. The van der Waals surface area contributed by atoms with Crippen molar-refractivity contribution in [3.05, 3.63) is 34.3 Å². The third kappa shape index (κ3) is 3.13. The molecular weight excluding hydrogens is 294 g/mol. The Hall–Kier alpha value is -1.29. The van der Waals surface area contributed by atoms with E-state index in [0.29, 0.717) is 6.04 Å². The Morgan fingerprint density at radius 1 is 1.56 bits per heavy atom. The Morgan fingerprint density at radius 3 is 2.78 bits per heavy atom. The number of anilines is 1. The van der Waals surface area contributed by atoms with Crippen LogP contribution in [0.15, 0.2) is 28.7 Å². The van der Waals surface area contributed by atoms with Gasteiger partial charge in [-0.2, -0.15) is 0 Å². The summed E-state index contributed by atoms with van der Waals surface area (Å²) in [6, 6.07) is 6.63. The predicted octanol–water partition coefficient (Wildman–Crippen LogP) is 3.54. The number of carboxylic acid groups (broad SMARTS) is 1. The summed E-state index contributed by atoms with van der Waals surface area (Å²) in [4.78, 5) is 12.9. The number of aliphatic carboxylic acids is 1. The summed E-state index contributed by atoms with van der Waals surface area (Å²) in [6.07, 6.45) is 5.28. The largest absolute Gasteiger partial charge is 0.478 e. The van der Waals surface area contributed by atoms with Crippen LogP contribution >= 0.6 is 15.9 Å². The summed E-state index contributed by atoms with van der Waals surface area (Å²) >= 11 is 3.57. The minimum absolute atomic E-state index is 0.673. The zero-order chi connectivity index (χ0) is 13.1. The molecule has 0 heterocycles. The van der Waals surface area contributed by atoms with Gasteiger partial charge in [0.1, 0.15) is 0 Å². The van der Waals surface area contributed by atoms with E-state index in [9.17, 15) is 4.79 Å². The average molecular weight is 310 g/mol. The first-order valence-electron chi connectivity index (χ1n) is 6.09. The molecule has 18 heavy (non-hydrogen) atoms. The monoisotopic (exact) mass is 309 g/mol. The summed E-state index contributed by atoms with van der Waals surface area (Å²) in [6.45, 7) is 3.15. The van der Waals surface area contributed by atoms with E-state index in [1.165, 1.54) is 18.5 Å². The fourth-order valence-electron chi connectivity index (χ4n) is 2.04. The van der Waals surface area contributed by atoms with Crippen molar-refractivity contribution in [2.24, 2.45) is 0 Å². The first-order chi connectivity index (χ1) is 8.61. The maximum atomic E-state index is 10.5. The molecule has 0 saturated heterocycles. The topological polar surface area (TPSA) is 40.5 Å². The van der Waals surface area contributed by atoms with Crippen molar-refractivity contribution in [1.82, 2.24) is 0 Å². The Balaban J connectivity index is 2.21. The Morgan fingerprint density at radius 2 is 2.28 bits per heavy atom. The van der Waals surface area contributed by atoms with Crippen molar-refractivity contribution in [2.75, 3.05) is 11.4 Å². The predicted molar refractivity (Wildman–Crippen MR) is 76.9 cm³/mol. The molecule has 1 aliphatic rings. The number of nitrogens with zero attached hydrogens (tertiary/aromatic N) is 1. The Kier molecular flexibility index (Phi) is 4.07. The molecule has 1 aromatic rings. The number of hydrogen-bond donors (Lipinski definition) is 1. The van der Waals surface area contributed by atoms with Crippen molar-refractivity contribution >= 4 is 33.7 Å². The van der Waals surface area contributed by atoms with E-state index in [0.717, 1.165) is 22.7 Å². The second kappa shape index (κ2) is 5.57. The lowest BCUT2D eigenvalue weighted by atomic mass is 10.1. The van der Waals surface area contributed by atoms with Crippen LogP contribution in [0.2, 0.25) is 0 Å². The third-order valence-electron chi connectivity index (χ3n) is 3.03. The number of carboxylic acids is 1. The van der Waals surface area contributed by atoms with Crippen LogP contribution in [0.25, 0.3) is 6.08 Å². The van der Waals surface area contributed by atoms with Crippen LogP contribution in [0.5, 0.6) is 0 Å². The second-order valence-corrected chi connectivity index (χ2v) is 5.25. The van der Waals surface area contributed by atoms with Crippen molar-refractivity contribution in [1.29, 1.82) is 0 Å². The molecule has 0 spiro atoms. The second-order valence-electron chi connectivity index (χ2n) is 4.40. The highest BCUT2D eigenvalue weighted by Crippen LogP contribution is 2.36. The van der Waals surface area contributed by atoms with Gasteiger partial charge in [0.2, 0.25) is 0 Å². The molecule has 0 bridgehead atoms. The lowest BCUT2D eigenvalue weighted by Crippen LogP contribution is -2.25. The van der Waals surface area contributed by atoms with Crippen LogP contribution in [-0.2, 0) is 4.79 Å². The highest BCUT2D eigenvalue weighted by atomic mass is 79.9. The van der Waals surface area contributed by atoms with Gasteiger partial charge in [-0.15, -0.1) is 0 Å². The minimum Gasteiger partial charge on any atom is -0.478 e. The summed E-state index contributed by atoms with van der Waals surface area (Å²) in [7, 11) is 0. The molecule has 0 aliphatic heterocycles. The summed E-state index contributed by atoms with van der Waals surface area (Å²) in [5.41, 5.74) is 2.08. The van der Waals surface area contributed by atoms with E-state index in [2.05, 4.69) is 27.8 Å². The van der Waals surface area contributed by atoms with E-state index >= 15 is 0 Å². The van der Waals surface area contributed by atoms with Crippen LogP contribution in [0.3, 0.4) is 0 Å². The number of hydrogen-bond acceptors (Lipinski definition) is 2. The van der Waals surface area contributed by atoms with Crippen molar-refractivity contribution in [2.45, 2.75) is 25.8 Å². The molecule has 0 amide bonds. The van der Waals surface area contributed by atoms with Gasteiger partial charge in [-0.05, 0) is 59.5 Å². The van der Waals surface area contributed by atoms with Gasteiger partial charge in [-0.1, -0.05) is 6.07 Å². The first-order valence-corrected chi connectivity index (χ1v) is 6.88. The van der Waals surface area contributed by atoms with Gasteiger partial charge >= 0.3 is 5.97 Å². The molecule has 1 saturated carbocycles. The zero-order valence-corrected chi connectivity index (χ0v) is 11.9. The summed E-state index contributed by atoms with van der Waals surface area (Å²) < 4.78 is 1.02. The van der Waals surface area contributed by atoms with E-state index in [4.69, 9.17) is 5.11 Å². The van der Waals surface area contributed by atoms with Gasteiger partial charge < -0.3 is 10.0 Å². The molecule has 0 radical (unpaired) electrons. The third-order valence-corrected chi connectivity index (χ3v) is 3.66. The van der Waals surface area contributed by atoms with Crippen molar-refractivity contribution in [3.8, 4) is 0 Å². The molecule has 3 nitrogen and oxygen atoms in total. The number of benzene rings is 1. The zero-order valence-electron chi connectivity index (χ0n) is 10.3. The lowest BCUT2D eigenvalue weighted by molar-refractivity contribution is -0.131. The molecule has 96 valence electrons. The van der Waals surface area contributed by atoms with Crippen LogP contribution in [-0.4, -0.2) is 23.7 Å². The van der Waals surface area contributed by atoms with Crippen molar-refractivity contribution in [3.63, 3.8) is 0 Å². The maximum Gasteiger partial charge on any atom is 0.328 e. The van der Waals surface area contributed by atoms with Gasteiger partial charge in [-0.3, -0.25) is 0 Å². The number of rotatable bonds is 5. The lowest BCUT2D eigenvalue weighted by Gasteiger charge is -2.24. The number of carbonyl (C=O) groups is 1. The van der Waals surface area contributed by atoms with E-state index < -0.39 is 5.97 Å². The van der Waals surface area contributed by atoms with Gasteiger partial charge in [0, 0.05) is 23.1 Å². The first kappa shape index (κ1) is 13.1. The van der Waals surface area contributed by atoms with Crippen LogP contribution in [0.1, 0.15) is 25.3 Å². The molecule has 0 aromatic heterocycles. The molecule has 1 N–H and O–H groups in total. The normalized spacial score (nSPS) is 15.0. The number of halogens is 1. The van der Waals surface area contributed by atoms with Crippen LogP contribution < -0.4 is 4.90 Å². The SMILES string of the molecule is CCN(c1ccc(/C=C/C(=O)O)cc1Br)C1CC1. The molecular formula is C14H16BrNO2. The van der Waals surface area contributed by atoms with E-state index in [1.807, 2.05) is 18.2 Å². The molecule has 4 heteroatoms. The maximum absolute atomic E-state index is 10.5. The van der Waals surface area contributed by atoms with E-state index in [-0.39, 0.29) is 0 Å². The van der Waals surface area contributed by atoms with Gasteiger partial charge in [0.25, 0.3) is 0 Å². The standard InChI is InChI=1S/C14H16BrNO2/c1-2-16(11-5-6-11)13-7-3-10(9-12(13)15)4-8-14(17)18/h3-4,7-9,11H,2,5-6H2,1H3,(H,17,18)/b8-4+. The highest BCUT2D eigenvalue weighted by molar-refractivity contribution is 9.10. The molecule has 1 aromatic carbocycles. The van der Waals surface area contributed by atoms with Crippen LogP contribution in [0, 0.1) is 0 Å². The molecule has 1 fully saturated rings. The smallest absolute Gasteiger partial charge is 0.328 e. The Labute approximate surface area is 115 Å². The molecule has 0 unspecified atom stereocenters. The minimum atomic E-state index is -0.927. The highest BCUT2D eigenvalue weighted by Gasteiger charge is 2.28. The fraction of sp³-hybridized carbons (Fsp3) is 0.357. The summed E-state index contributed by atoms with van der Waals surface area (Å²) in [5.74, 6) is -0.927. The molecule has 1 aliphatic carbocycles. The van der Waals surface area contributed by atoms with Gasteiger partial charge in [-0.25, -0.2) is 4.79 Å².